The molecule has 2 aromatic rings. The lowest BCUT2D eigenvalue weighted by atomic mass is 10.0. The topological polar surface area (TPSA) is 17.1 Å². The third-order valence-electron chi connectivity index (χ3n) is 2.49. The molecule has 0 unspecified atom stereocenters. The maximum absolute atomic E-state index is 13.6. The molecule has 0 fully saturated rings. The average Bonchev–Trinajstić information content (AvgIpc) is 2.32. The molecule has 2 rings (SSSR count). The van der Waals surface area contributed by atoms with Crippen molar-refractivity contribution >= 4 is 21.7 Å². The van der Waals surface area contributed by atoms with E-state index in [0.29, 0.717) is 0 Å². The first kappa shape index (κ1) is 14.6. The summed E-state index contributed by atoms with van der Waals surface area (Å²) in [5.74, 6) is -8.31. The van der Waals surface area contributed by atoms with E-state index in [1.807, 2.05) is 0 Å². The van der Waals surface area contributed by atoms with Gasteiger partial charge in [-0.1, -0.05) is 15.9 Å². The highest BCUT2D eigenvalue weighted by Crippen LogP contribution is 2.24. The van der Waals surface area contributed by atoms with Crippen LogP contribution in [0.2, 0.25) is 0 Å². The largest absolute Gasteiger partial charge is 0.288 e. The zero-order chi connectivity index (χ0) is 15.0. The molecule has 0 amide bonds. The third-order valence-corrected chi connectivity index (χ3v) is 2.95. The van der Waals surface area contributed by atoms with Gasteiger partial charge in [0.2, 0.25) is 5.78 Å². The van der Waals surface area contributed by atoms with Gasteiger partial charge in [0.25, 0.3) is 0 Å². The maximum Gasteiger partial charge on any atom is 0.201 e. The summed E-state index contributed by atoms with van der Waals surface area (Å²) >= 11 is 2.81. The van der Waals surface area contributed by atoms with Crippen LogP contribution in [0.1, 0.15) is 15.9 Å². The number of halogens is 6. The quantitative estimate of drug-likeness (QED) is 0.446. The van der Waals surface area contributed by atoms with E-state index in [9.17, 15) is 26.7 Å². The van der Waals surface area contributed by atoms with Gasteiger partial charge in [-0.2, -0.15) is 0 Å². The van der Waals surface area contributed by atoms with Crippen LogP contribution in [0.5, 0.6) is 0 Å². The molecule has 0 aliphatic carbocycles. The maximum atomic E-state index is 13.6. The smallest absolute Gasteiger partial charge is 0.201 e. The summed E-state index contributed by atoms with van der Waals surface area (Å²) in [5.41, 5.74) is -2.00. The summed E-state index contributed by atoms with van der Waals surface area (Å²) in [4.78, 5) is 11.9. The lowest BCUT2D eigenvalue weighted by Crippen LogP contribution is -2.11. The molecular weight excluding hydrogens is 347 g/mol. The van der Waals surface area contributed by atoms with Crippen molar-refractivity contribution < 1.29 is 26.7 Å². The van der Waals surface area contributed by atoms with Crippen LogP contribution >= 0.6 is 15.9 Å². The molecule has 7 heteroatoms. The first-order chi connectivity index (χ1) is 9.31. The van der Waals surface area contributed by atoms with Crippen molar-refractivity contribution in [1.29, 1.82) is 0 Å². The minimum Gasteiger partial charge on any atom is -0.288 e. The number of hydrogen-bond donors (Lipinski definition) is 0. The van der Waals surface area contributed by atoms with Gasteiger partial charge in [0, 0.05) is 10.5 Å². The van der Waals surface area contributed by atoms with E-state index in [-0.39, 0.29) is 16.6 Å². The van der Waals surface area contributed by atoms with Gasteiger partial charge in [0.15, 0.2) is 11.6 Å². The number of carbonyl (C=O) groups is 1. The molecule has 0 bridgehead atoms. The molecule has 1 nitrogen and oxygen atoms in total. The number of benzene rings is 2. The van der Waals surface area contributed by atoms with Crippen molar-refractivity contribution in [2.45, 2.75) is 0 Å². The molecule has 0 radical (unpaired) electrons. The number of carbonyl (C=O) groups excluding carboxylic acids is 1. The standard InChI is InChI=1S/C13H4BrF5O/c14-5-1-10(18)12(11(19)2-5)13(20)6-3-8(16)9(17)4-7(6)15/h1-4H. The fourth-order valence-corrected chi connectivity index (χ4v) is 1.99. The monoisotopic (exact) mass is 350 g/mol. The highest BCUT2D eigenvalue weighted by molar-refractivity contribution is 9.10. The highest BCUT2D eigenvalue weighted by Gasteiger charge is 2.24. The molecule has 0 heterocycles. The lowest BCUT2D eigenvalue weighted by molar-refractivity contribution is 0.102. The Morgan fingerprint density at radius 1 is 0.750 bits per heavy atom. The van der Waals surface area contributed by atoms with E-state index in [1.165, 1.54) is 0 Å². The van der Waals surface area contributed by atoms with Crippen LogP contribution in [0, 0.1) is 29.1 Å². The normalized spacial score (nSPS) is 10.7. The molecule has 0 aliphatic rings. The zero-order valence-electron chi connectivity index (χ0n) is 9.49. The van der Waals surface area contributed by atoms with Crippen LogP contribution in [0.4, 0.5) is 22.0 Å². The first-order valence-electron chi connectivity index (χ1n) is 5.15. The minimum absolute atomic E-state index is 0.0369. The molecule has 0 spiro atoms. The van der Waals surface area contributed by atoms with Crippen molar-refractivity contribution in [2.24, 2.45) is 0 Å². The summed E-state index contributed by atoms with van der Waals surface area (Å²) in [5, 5.41) is 0. The Labute approximate surface area is 118 Å². The molecule has 20 heavy (non-hydrogen) atoms. The van der Waals surface area contributed by atoms with Gasteiger partial charge in [-0.3, -0.25) is 4.79 Å². The van der Waals surface area contributed by atoms with Crippen molar-refractivity contribution in [3.8, 4) is 0 Å². The van der Waals surface area contributed by atoms with Crippen LogP contribution in [-0.2, 0) is 0 Å². The summed E-state index contributed by atoms with van der Waals surface area (Å²) in [6.45, 7) is 0. The average molecular weight is 351 g/mol. The van der Waals surface area contributed by atoms with Crippen LogP contribution in [0.3, 0.4) is 0 Å². The second kappa shape index (κ2) is 5.32. The summed E-state index contributed by atoms with van der Waals surface area (Å²) in [6.07, 6.45) is 0. The van der Waals surface area contributed by atoms with E-state index < -0.39 is 46.0 Å². The summed E-state index contributed by atoms with van der Waals surface area (Å²) < 4.78 is 66.4. The second-order valence-corrected chi connectivity index (χ2v) is 4.74. The summed E-state index contributed by atoms with van der Waals surface area (Å²) in [6, 6.07) is 1.99. The zero-order valence-corrected chi connectivity index (χ0v) is 11.1. The van der Waals surface area contributed by atoms with Crippen molar-refractivity contribution in [3.05, 3.63) is 69.0 Å². The third kappa shape index (κ3) is 2.58. The number of rotatable bonds is 2. The summed E-state index contributed by atoms with van der Waals surface area (Å²) in [7, 11) is 0. The van der Waals surface area contributed by atoms with Crippen molar-refractivity contribution in [3.63, 3.8) is 0 Å². The fourth-order valence-electron chi connectivity index (χ4n) is 1.59. The van der Waals surface area contributed by atoms with Crippen LogP contribution < -0.4 is 0 Å². The van der Waals surface area contributed by atoms with E-state index in [0.717, 1.165) is 12.1 Å². The molecule has 0 saturated carbocycles. The van der Waals surface area contributed by atoms with Crippen molar-refractivity contribution in [1.82, 2.24) is 0 Å². The molecule has 0 saturated heterocycles. The molecule has 0 atom stereocenters. The van der Waals surface area contributed by atoms with Gasteiger partial charge in [-0.15, -0.1) is 0 Å². The highest BCUT2D eigenvalue weighted by atomic mass is 79.9. The minimum atomic E-state index is -1.50. The van der Waals surface area contributed by atoms with Crippen LogP contribution in [-0.4, -0.2) is 5.78 Å². The molecule has 104 valence electrons. The Hall–Kier alpha value is -1.76. The van der Waals surface area contributed by atoms with E-state index in [1.54, 1.807) is 0 Å². The van der Waals surface area contributed by atoms with Crippen LogP contribution in [0.25, 0.3) is 0 Å². The number of ketones is 1. The Kier molecular flexibility index (Phi) is 3.89. The van der Waals surface area contributed by atoms with Gasteiger partial charge in [0.05, 0.1) is 11.1 Å². The Bertz CT molecular complexity index is 691. The molecule has 0 aromatic heterocycles. The molecule has 0 N–H and O–H groups in total. The van der Waals surface area contributed by atoms with Crippen LogP contribution in [0.15, 0.2) is 28.7 Å². The van der Waals surface area contributed by atoms with E-state index in [4.69, 9.17) is 0 Å². The predicted octanol–water partition coefficient (Wildman–Crippen LogP) is 4.38. The van der Waals surface area contributed by atoms with Crippen molar-refractivity contribution in [2.75, 3.05) is 0 Å². The van der Waals surface area contributed by atoms with Gasteiger partial charge in [-0.05, 0) is 18.2 Å². The fraction of sp³-hybridized carbons (Fsp3) is 0. The SMILES string of the molecule is O=C(c1cc(F)c(F)cc1F)c1c(F)cc(Br)cc1F. The molecular formula is C13H4BrF5O. The van der Waals surface area contributed by atoms with Gasteiger partial charge in [0.1, 0.15) is 17.5 Å². The number of hydrogen-bond acceptors (Lipinski definition) is 1. The Balaban J connectivity index is 2.61. The Morgan fingerprint density at radius 2 is 1.25 bits per heavy atom. The second-order valence-electron chi connectivity index (χ2n) is 3.82. The molecule has 0 aliphatic heterocycles. The van der Waals surface area contributed by atoms with Gasteiger partial charge < -0.3 is 0 Å². The van der Waals surface area contributed by atoms with E-state index in [2.05, 4.69) is 15.9 Å². The lowest BCUT2D eigenvalue weighted by Gasteiger charge is -2.07. The van der Waals surface area contributed by atoms with Gasteiger partial charge >= 0.3 is 0 Å². The molecule has 2 aromatic carbocycles. The van der Waals surface area contributed by atoms with Gasteiger partial charge in [-0.25, -0.2) is 22.0 Å². The van der Waals surface area contributed by atoms with E-state index >= 15 is 0 Å². The first-order valence-corrected chi connectivity index (χ1v) is 5.94. The predicted molar refractivity (Wildman–Crippen MR) is 63.8 cm³/mol. The Morgan fingerprint density at radius 3 is 1.80 bits per heavy atom.